The highest BCUT2D eigenvalue weighted by atomic mass is 16.2. The summed E-state index contributed by atoms with van der Waals surface area (Å²) in [5, 5.41) is 3.09. The molecule has 1 fully saturated rings. The number of carbonyl (C=O) groups is 1. The number of rotatable bonds is 4. The number of aromatic nitrogens is 2. The van der Waals surface area contributed by atoms with Gasteiger partial charge < -0.3 is 15.1 Å². The topological polar surface area (TPSA) is 61.4 Å². The lowest BCUT2D eigenvalue weighted by molar-refractivity contribution is 0.192. The number of nitrogens with zero attached hydrogens (tertiary/aromatic N) is 4. The Morgan fingerprint density at radius 2 is 1.80 bits per heavy atom. The standard InChI is InChI=1S/C24H35N5O/c1-6-21-20(17-19-11-8-7-9-12-19)22(26-18(2)25-21)28-13-10-14-29(16-15-28)23(30)27-24(3,4)5/h7-9,11-12H,6,10,13-17H2,1-5H3,(H,27,30). The summed E-state index contributed by atoms with van der Waals surface area (Å²) in [7, 11) is 0. The molecule has 0 bridgehead atoms. The zero-order valence-electron chi connectivity index (χ0n) is 19.0. The van der Waals surface area contributed by atoms with Crippen LogP contribution < -0.4 is 10.2 Å². The van der Waals surface area contributed by atoms with E-state index in [9.17, 15) is 4.79 Å². The fourth-order valence-corrected chi connectivity index (χ4v) is 3.90. The zero-order valence-corrected chi connectivity index (χ0v) is 19.0. The van der Waals surface area contributed by atoms with Gasteiger partial charge in [-0.1, -0.05) is 37.3 Å². The van der Waals surface area contributed by atoms with Gasteiger partial charge in [0, 0.05) is 49.4 Å². The number of carbonyl (C=O) groups excluding carboxylic acids is 1. The van der Waals surface area contributed by atoms with Crippen LogP contribution in [0.3, 0.4) is 0 Å². The van der Waals surface area contributed by atoms with Gasteiger partial charge in [0.05, 0.1) is 0 Å². The van der Waals surface area contributed by atoms with Crippen molar-refractivity contribution in [3.05, 3.63) is 53.0 Å². The average Bonchev–Trinajstić information content (AvgIpc) is 2.95. The number of hydrogen-bond donors (Lipinski definition) is 1. The van der Waals surface area contributed by atoms with Gasteiger partial charge in [-0.05, 0) is 46.1 Å². The molecule has 1 aliphatic heterocycles. The Bertz CT molecular complexity index is 860. The molecule has 30 heavy (non-hydrogen) atoms. The number of aryl methyl sites for hydroxylation is 2. The van der Waals surface area contributed by atoms with Gasteiger partial charge in [0.1, 0.15) is 11.6 Å². The minimum atomic E-state index is -0.230. The summed E-state index contributed by atoms with van der Waals surface area (Å²) in [5.74, 6) is 1.84. The summed E-state index contributed by atoms with van der Waals surface area (Å²) in [5.41, 5.74) is 3.36. The Morgan fingerprint density at radius 1 is 1.07 bits per heavy atom. The fraction of sp³-hybridized carbons (Fsp3) is 0.542. The largest absolute Gasteiger partial charge is 0.354 e. The minimum absolute atomic E-state index is 0.0157. The number of hydrogen-bond acceptors (Lipinski definition) is 4. The molecule has 6 nitrogen and oxygen atoms in total. The van der Waals surface area contributed by atoms with E-state index in [4.69, 9.17) is 9.97 Å². The minimum Gasteiger partial charge on any atom is -0.354 e. The van der Waals surface area contributed by atoms with Crippen molar-refractivity contribution < 1.29 is 4.79 Å². The van der Waals surface area contributed by atoms with Crippen LogP contribution in [-0.2, 0) is 12.8 Å². The van der Waals surface area contributed by atoms with E-state index in [1.54, 1.807) is 0 Å². The van der Waals surface area contributed by atoms with Gasteiger partial charge in [0.25, 0.3) is 0 Å². The van der Waals surface area contributed by atoms with Crippen molar-refractivity contribution in [1.82, 2.24) is 20.2 Å². The van der Waals surface area contributed by atoms with Gasteiger partial charge in [0.15, 0.2) is 0 Å². The third kappa shape index (κ3) is 5.71. The third-order valence-electron chi connectivity index (χ3n) is 5.31. The highest BCUT2D eigenvalue weighted by Crippen LogP contribution is 2.26. The first-order valence-electron chi connectivity index (χ1n) is 11.0. The number of nitrogens with one attached hydrogen (secondary N) is 1. The second kappa shape index (κ2) is 9.45. The fourth-order valence-electron chi connectivity index (χ4n) is 3.90. The van der Waals surface area contributed by atoms with E-state index in [1.165, 1.54) is 11.1 Å². The molecule has 0 unspecified atom stereocenters. The number of anilines is 1. The van der Waals surface area contributed by atoms with Crippen LogP contribution in [0.2, 0.25) is 0 Å². The van der Waals surface area contributed by atoms with Crippen molar-refractivity contribution in [2.75, 3.05) is 31.1 Å². The van der Waals surface area contributed by atoms with Crippen LogP contribution in [-0.4, -0.2) is 52.6 Å². The number of urea groups is 1. The van der Waals surface area contributed by atoms with Crippen LogP contribution in [0.25, 0.3) is 0 Å². The monoisotopic (exact) mass is 409 g/mol. The van der Waals surface area contributed by atoms with Crippen molar-refractivity contribution in [3.8, 4) is 0 Å². The van der Waals surface area contributed by atoms with Crippen molar-refractivity contribution in [2.45, 2.75) is 59.4 Å². The Hall–Kier alpha value is -2.63. The van der Waals surface area contributed by atoms with Crippen molar-refractivity contribution in [2.24, 2.45) is 0 Å². The molecule has 0 spiro atoms. The highest BCUT2D eigenvalue weighted by Gasteiger charge is 2.25. The first-order chi connectivity index (χ1) is 14.3. The Labute approximate surface area is 180 Å². The predicted octanol–water partition coefficient (Wildman–Crippen LogP) is 3.96. The molecule has 162 valence electrons. The maximum absolute atomic E-state index is 12.6. The maximum atomic E-state index is 12.6. The summed E-state index contributed by atoms with van der Waals surface area (Å²) in [4.78, 5) is 26.5. The van der Waals surface area contributed by atoms with Crippen LogP contribution in [0.1, 0.15) is 56.8 Å². The van der Waals surface area contributed by atoms with Gasteiger partial charge in [0.2, 0.25) is 0 Å². The van der Waals surface area contributed by atoms with Gasteiger partial charge >= 0.3 is 6.03 Å². The maximum Gasteiger partial charge on any atom is 0.317 e. The summed E-state index contributed by atoms with van der Waals surface area (Å²) in [6, 6.07) is 10.5. The van der Waals surface area contributed by atoms with E-state index in [1.807, 2.05) is 38.7 Å². The van der Waals surface area contributed by atoms with Crippen molar-refractivity contribution >= 4 is 11.8 Å². The Balaban J connectivity index is 1.84. The zero-order chi connectivity index (χ0) is 21.7. The molecule has 1 saturated heterocycles. The SMILES string of the molecule is CCc1nc(C)nc(N2CCCN(C(=O)NC(C)(C)C)CC2)c1Cc1ccccc1. The quantitative estimate of drug-likeness (QED) is 0.830. The molecule has 1 aliphatic rings. The van der Waals surface area contributed by atoms with Gasteiger partial charge in [-0.2, -0.15) is 0 Å². The van der Waals surface area contributed by atoms with Crippen LogP contribution in [0, 0.1) is 6.92 Å². The van der Waals surface area contributed by atoms with E-state index in [2.05, 4.69) is 41.4 Å². The van der Waals surface area contributed by atoms with Crippen LogP contribution in [0.5, 0.6) is 0 Å². The summed E-state index contributed by atoms with van der Waals surface area (Å²) in [6.07, 6.45) is 2.63. The van der Waals surface area contributed by atoms with Gasteiger partial charge in [-0.15, -0.1) is 0 Å². The second-order valence-corrected chi connectivity index (χ2v) is 9.04. The predicted molar refractivity (Wildman–Crippen MR) is 122 cm³/mol. The van der Waals surface area contributed by atoms with Crippen molar-refractivity contribution in [3.63, 3.8) is 0 Å². The number of amides is 2. The molecular weight excluding hydrogens is 374 g/mol. The molecule has 1 aromatic heterocycles. The average molecular weight is 410 g/mol. The first kappa shape index (κ1) is 22.1. The lowest BCUT2D eigenvalue weighted by Gasteiger charge is -2.28. The first-order valence-corrected chi connectivity index (χ1v) is 11.0. The molecule has 2 amide bonds. The second-order valence-electron chi connectivity index (χ2n) is 9.04. The third-order valence-corrected chi connectivity index (χ3v) is 5.31. The van der Waals surface area contributed by atoms with E-state index in [0.717, 1.165) is 56.2 Å². The number of benzene rings is 1. The van der Waals surface area contributed by atoms with E-state index < -0.39 is 0 Å². The highest BCUT2D eigenvalue weighted by molar-refractivity contribution is 5.75. The van der Waals surface area contributed by atoms with Crippen LogP contribution in [0.15, 0.2) is 30.3 Å². The lowest BCUT2D eigenvalue weighted by atomic mass is 10.0. The lowest BCUT2D eigenvalue weighted by Crippen LogP contribution is -2.49. The van der Waals surface area contributed by atoms with E-state index in [-0.39, 0.29) is 11.6 Å². The normalized spacial score (nSPS) is 15.1. The van der Waals surface area contributed by atoms with E-state index >= 15 is 0 Å². The molecular formula is C24H35N5O. The molecule has 1 N–H and O–H groups in total. The molecule has 0 atom stereocenters. The molecule has 6 heteroatoms. The molecule has 2 heterocycles. The molecule has 1 aromatic carbocycles. The molecule has 3 rings (SSSR count). The van der Waals surface area contributed by atoms with Gasteiger partial charge in [-0.25, -0.2) is 14.8 Å². The van der Waals surface area contributed by atoms with Crippen molar-refractivity contribution in [1.29, 1.82) is 0 Å². The van der Waals surface area contributed by atoms with E-state index in [0.29, 0.717) is 6.54 Å². The van der Waals surface area contributed by atoms with Crippen LogP contribution in [0.4, 0.5) is 10.6 Å². The molecule has 0 aliphatic carbocycles. The summed E-state index contributed by atoms with van der Waals surface area (Å²) < 4.78 is 0. The van der Waals surface area contributed by atoms with Gasteiger partial charge in [-0.3, -0.25) is 0 Å². The Kier molecular flexibility index (Phi) is 6.95. The molecule has 0 radical (unpaired) electrons. The summed E-state index contributed by atoms with van der Waals surface area (Å²) >= 11 is 0. The molecule has 2 aromatic rings. The molecule has 0 saturated carbocycles. The Morgan fingerprint density at radius 3 is 2.47 bits per heavy atom. The van der Waals surface area contributed by atoms with Crippen LogP contribution >= 0.6 is 0 Å². The summed E-state index contributed by atoms with van der Waals surface area (Å²) in [6.45, 7) is 13.3. The smallest absolute Gasteiger partial charge is 0.317 e.